The maximum Gasteiger partial charge on any atom is 0.123 e. The predicted octanol–water partition coefficient (Wildman–Crippen LogP) is 1.63. The molecule has 0 saturated heterocycles. The molecule has 2 aromatic rings. The number of nitrogens with zero attached hydrogens (tertiary/aromatic N) is 1. The van der Waals surface area contributed by atoms with E-state index in [2.05, 4.69) is 10.2 Å². The lowest BCUT2D eigenvalue weighted by Gasteiger charge is -2.07. The van der Waals surface area contributed by atoms with Gasteiger partial charge < -0.3 is 5.11 Å². The van der Waals surface area contributed by atoms with E-state index in [4.69, 9.17) is 0 Å². The average Bonchev–Trinajstić information content (AvgIpc) is 2.71. The van der Waals surface area contributed by atoms with Crippen LogP contribution in [0.3, 0.4) is 0 Å². The van der Waals surface area contributed by atoms with Gasteiger partial charge in [-0.25, -0.2) is 4.39 Å². The summed E-state index contributed by atoms with van der Waals surface area (Å²) in [6, 6.07) is 7.39. The van der Waals surface area contributed by atoms with Crippen LogP contribution in [0.15, 0.2) is 36.5 Å². The summed E-state index contributed by atoms with van der Waals surface area (Å²) >= 11 is 0. The normalized spacial score (nSPS) is 12.7. The first-order valence-electron chi connectivity index (χ1n) is 4.20. The van der Waals surface area contributed by atoms with Crippen LogP contribution in [0.25, 0.3) is 0 Å². The summed E-state index contributed by atoms with van der Waals surface area (Å²) in [5.41, 5.74) is 1.23. The van der Waals surface area contributed by atoms with Crippen molar-refractivity contribution in [1.29, 1.82) is 0 Å². The molecule has 2 rings (SSSR count). The van der Waals surface area contributed by atoms with Gasteiger partial charge in [-0.3, -0.25) is 5.10 Å². The molecule has 0 fully saturated rings. The molecule has 1 heterocycles. The van der Waals surface area contributed by atoms with Crippen molar-refractivity contribution >= 4 is 0 Å². The second-order valence-corrected chi connectivity index (χ2v) is 2.97. The first-order chi connectivity index (χ1) is 6.77. The van der Waals surface area contributed by atoms with E-state index >= 15 is 0 Å². The van der Waals surface area contributed by atoms with E-state index in [1.165, 1.54) is 12.1 Å². The summed E-state index contributed by atoms with van der Waals surface area (Å²) in [7, 11) is 0. The maximum atomic E-state index is 12.6. The van der Waals surface area contributed by atoms with E-state index in [0.717, 1.165) is 0 Å². The van der Waals surface area contributed by atoms with Gasteiger partial charge in [0.2, 0.25) is 0 Å². The van der Waals surface area contributed by atoms with Crippen LogP contribution in [0.5, 0.6) is 0 Å². The van der Waals surface area contributed by atoms with E-state index in [1.54, 1.807) is 24.4 Å². The standard InChI is InChI=1S/C10H9FN2O/c11-8-3-1-7(2-4-8)10(14)9-5-6-12-13-9/h1-6,10,14H,(H,12,13). The Kier molecular flexibility index (Phi) is 2.28. The second-order valence-electron chi connectivity index (χ2n) is 2.97. The zero-order valence-electron chi connectivity index (χ0n) is 7.31. The number of aromatic nitrogens is 2. The molecule has 2 N–H and O–H groups in total. The highest BCUT2D eigenvalue weighted by atomic mass is 19.1. The van der Waals surface area contributed by atoms with Crippen molar-refractivity contribution in [2.75, 3.05) is 0 Å². The monoisotopic (exact) mass is 192 g/mol. The summed E-state index contributed by atoms with van der Waals surface area (Å²) in [6.45, 7) is 0. The summed E-state index contributed by atoms with van der Waals surface area (Å²) in [5, 5.41) is 16.2. The zero-order valence-corrected chi connectivity index (χ0v) is 7.31. The molecule has 1 atom stereocenters. The smallest absolute Gasteiger partial charge is 0.123 e. The van der Waals surface area contributed by atoms with Gasteiger partial charge >= 0.3 is 0 Å². The summed E-state index contributed by atoms with van der Waals surface area (Å²) in [4.78, 5) is 0. The summed E-state index contributed by atoms with van der Waals surface area (Å²) in [5.74, 6) is -0.314. The number of nitrogens with one attached hydrogen (secondary N) is 1. The molecule has 72 valence electrons. The highest BCUT2D eigenvalue weighted by Gasteiger charge is 2.10. The fraction of sp³-hybridized carbons (Fsp3) is 0.100. The predicted molar refractivity (Wildman–Crippen MR) is 49.0 cm³/mol. The van der Waals surface area contributed by atoms with Crippen LogP contribution in [0, 0.1) is 5.82 Å². The van der Waals surface area contributed by atoms with Crippen LogP contribution in [0.1, 0.15) is 17.4 Å². The minimum Gasteiger partial charge on any atom is -0.382 e. The van der Waals surface area contributed by atoms with Gasteiger partial charge in [-0.2, -0.15) is 5.10 Å². The second kappa shape index (κ2) is 3.59. The fourth-order valence-electron chi connectivity index (χ4n) is 1.24. The first-order valence-corrected chi connectivity index (χ1v) is 4.20. The number of aliphatic hydroxyl groups excluding tert-OH is 1. The Morgan fingerprint density at radius 3 is 2.50 bits per heavy atom. The molecule has 0 spiro atoms. The van der Waals surface area contributed by atoms with Crippen molar-refractivity contribution in [3.05, 3.63) is 53.6 Å². The minimum absolute atomic E-state index is 0.314. The van der Waals surface area contributed by atoms with Crippen LogP contribution in [0.2, 0.25) is 0 Å². The van der Waals surface area contributed by atoms with E-state index in [1.807, 2.05) is 0 Å². The van der Waals surface area contributed by atoms with Gasteiger partial charge in [0.25, 0.3) is 0 Å². The molecule has 0 aliphatic rings. The lowest BCUT2D eigenvalue weighted by Crippen LogP contribution is -1.99. The third-order valence-corrected chi connectivity index (χ3v) is 2.00. The molecular formula is C10H9FN2O. The number of rotatable bonds is 2. The summed E-state index contributed by atoms with van der Waals surface area (Å²) < 4.78 is 12.6. The van der Waals surface area contributed by atoms with Crippen LogP contribution in [-0.4, -0.2) is 15.3 Å². The maximum absolute atomic E-state index is 12.6. The Hall–Kier alpha value is -1.68. The SMILES string of the molecule is OC(c1ccc(F)cc1)c1ccn[nH]1. The topological polar surface area (TPSA) is 48.9 Å². The molecule has 0 aliphatic heterocycles. The Morgan fingerprint density at radius 2 is 1.93 bits per heavy atom. The number of halogens is 1. The van der Waals surface area contributed by atoms with Crippen LogP contribution in [0.4, 0.5) is 4.39 Å². The van der Waals surface area contributed by atoms with E-state index in [9.17, 15) is 9.50 Å². The Labute approximate surface area is 80.2 Å². The quantitative estimate of drug-likeness (QED) is 0.759. The lowest BCUT2D eigenvalue weighted by atomic mass is 10.1. The number of benzene rings is 1. The molecule has 0 saturated carbocycles. The van der Waals surface area contributed by atoms with Crippen molar-refractivity contribution in [2.45, 2.75) is 6.10 Å². The van der Waals surface area contributed by atoms with Crippen molar-refractivity contribution in [1.82, 2.24) is 10.2 Å². The Bertz CT molecular complexity index is 397. The third-order valence-electron chi connectivity index (χ3n) is 2.00. The van der Waals surface area contributed by atoms with Crippen molar-refractivity contribution in [3.8, 4) is 0 Å². The van der Waals surface area contributed by atoms with Gasteiger partial charge in [-0.05, 0) is 23.8 Å². The average molecular weight is 192 g/mol. The molecule has 1 aromatic heterocycles. The Balaban J connectivity index is 2.28. The summed E-state index contributed by atoms with van der Waals surface area (Å²) in [6.07, 6.45) is 0.778. The number of hydrogen-bond acceptors (Lipinski definition) is 2. The molecule has 14 heavy (non-hydrogen) atoms. The number of H-pyrrole nitrogens is 1. The van der Waals surface area contributed by atoms with Crippen LogP contribution in [-0.2, 0) is 0 Å². The molecular weight excluding hydrogens is 183 g/mol. The van der Waals surface area contributed by atoms with Crippen molar-refractivity contribution in [2.24, 2.45) is 0 Å². The molecule has 0 bridgehead atoms. The molecule has 4 heteroatoms. The molecule has 0 amide bonds. The van der Waals surface area contributed by atoms with Crippen molar-refractivity contribution in [3.63, 3.8) is 0 Å². The number of aromatic amines is 1. The van der Waals surface area contributed by atoms with Crippen molar-refractivity contribution < 1.29 is 9.50 Å². The lowest BCUT2D eigenvalue weighted by molar-refractivity contribution is 0.215. The van der Waals surface area contributed by atoms with Gasteiger partial charge in [0.1, 0.15) is 11.9 Å². The molecule has 1 aromatic carbocycles. The highest BCUT2D eigenvalue weighted by Crippen LogP contribution is 2.19. The fourth-order valence-corrected chi connectivity index (χ4v) is 1.24. The number of aliphatic hydroxyl groups is 1. The Morgan fingerprint density at radius 1 is 1.21 bits per heavy atom. The number of hydrogen-bond donors (Lipinski definition) is 2. The van der Waals surface area contributed by atoms with Gasteiger partial charge in [0.05, 0.1) is 5.69 Å². The molecule has 0 aliphatic carbocycles. The van der Waals surface area contributed by atoms with E-state index < -0.39 is 6.10 Å². The van der Waals surface area contributed by atoms with Gasteiger partial charge in [0, 0.05) is 6.20 Å². The van der Waals surface area contributed by atoms with E-state index in [0.29, 0.717) is 11.3 Å². The van der Waals surface area contributed by atoms with Crippen LogP contribution >= 0.6 is 0 Å². The largest absolute Gasteiger partial charge is 0.382 e. The zero-order chi connectivity index (χ0) is 9.97. The van der Waals surface area contributed by atoms with Gasteiger partial charge in [-0.1, -0.05) is 12.1 Å². The first kappa shape index (κ1) is 8.90. The molecule has 1 unspecified atom stereocenters. The van der Waals surface area contributed by atoms with Gasteiger partial charge in [0.15, 0.2) is 0 Å². The molecule has 0 radical (unpaired) electrons. The third kappa shape index (κ3) is 1.65. The van der Waals surface area contributed by atoms with Gasteiger partial charge in [-0.15, -0.1) is 0 Å². The molecule has 3 nitrogen and oxygen atoms in total. The van der Waals surface area contributed by atoms with E-state index in [-0.39, 0.29) is 5.82 Å². The minimum atomic E-state index is -0.780. The van der Waals surface area contributed by atoms with Crippen LogP contribution < -0.4 is 0 Å². The highest BCUT2D eigenvalue weighted by molar-refractivity contribution is 5.24.